The first-order chi connectivity index (χ1) is 14.6. The molecule has 1 N–H and O–H groups in total. The number of carbonyl (C=O) groups excluding carboxylic acids is 2. The summed E-state index contributed by atoms with van der Waals surface area (Å²) in [5.74, 6) is 0.642. The van der Waals surface area contributed by atoms with Gasteiger partial charge in [0.1, 0.15) is 11.3 Å². The van der Waals surface area contributed by atoms with Gasteiger partial charge in [-0.3, -0.25) is 9.59 Å². The van der Waals surface area contributed by atoms with E-state index in [-0.39, 0.29) is 24.4 Å². The van der Waals surface area contributed by atoms with E-state index in [2.05, 4.69) is 10.3 Å². The van der Waals surface area contributed by atoms with E-state index >= 15 is 0 Å². The number of para-hydroxylation sites is 2. The second kappa shape index (κ2) is 7.31. The fourth-order valence-corrected chi connectivity index (χ4v) is 4.72. The van der Waals surface area contributed by atoms with Crippen LogP contribution in [0, 0.1) is 0 Å². The van der Waals surface area contributed by atoms with Gasteiger partial charge in [-0.15, -0.1) is 0 Å². The molecule has 1 fully saturated rings. The van der Waals surface area contributed by atoms with Gasteiger partial charge in [-0.2, -0.15) is 0 Å². The van der Waals surface area contributed by atoms with Crippen LogP contribution in [0.2, 0.25) is 0 Å². The van der Waals surface area contributed by atoms with Crippen LogP contribution in [0.3, 0.4) is 0 Å². The predicted molar refractivity (Wildman–Crippen MR) is 112 cm³/mol. The van der Waals surface area contributed by atoms with Crippen molar-refractivity contribution in [3.05, 3.63) is 54.2 Å². The molecule has 2 aliphatic rings. The summed E-state index contributed by atoms with van der Waals surface area (Å²) in [6.07, 6.45) is 7.05. The van der Waals surface area contributed by atoms with Crippen molar-refractivity contribution in [1.82, 2.24) is 19.8 Å². The van der Waals surface area contributed by atoms with Gasteiger partial charge >= 0.3 is 0 Å². The Kier molecular flexibility index (Phi) is 4.60. The molecule has 1 atom stereocenters. The number of nitrogens with one attached hydrogen (secondary N) is 1. The van der Waals surface area contributed by atoms with Crippen LogP contribution in [-0.2, 0) is 17.9 Å². The molecule has 1 unspecified atom stereocenters. The van der Waals surface area contributed by atoms with E-state index in [0.717, 1.165) is 36.7 Å². The summed E-state index contributed by atoms with van der Waals surface area (Å²) < 4.78 is 7.39. The van der Waals surface area contributed by atoms with E-state index in [1.54, 1.807) is 17.2 Å². The largest absolute Gasteiger partial charge is 0.467 e. The number of carbonyl (C=O) groups is 2. The highest BCUT2D eigenvalue weighted by molar-refractivity contribution is 6.01. The number of aromatic nitrogens is 2. The molecule has 5 rings (SSSR count). The van der Waals surface area contributed by atoms with Gasteiger partial charge in [0.25, 0.3) is 5.91 Å². The Morgan fingerprint density at radius 3 is 2.77 bits per heavy atom. The maximum Gasteiger partial charge on any atom is 0.291 e. The Morgan fingerprint density at radius 1 is 1.20 bits per heavy atom. The normalized spacial score (nSPS) is 22.3. The molecule has 1 aliphatic carbocycles. The maximum absolute atomic E-state index is 13.6. The molecule has 3 aromatic rings. The molecule has 7 heteroatoms. The summed E-state index contributed by atoms with van der Waals surface area (Å²) in [6.45, 7) is 2.43. The van der Waals surface area contributed by atoms with E-state index in [0.29, 0.717) is 18.1 Å². The number of hydrogen-bond acceptors (Lipinski definition) is 4. The quantitative estimate of drug-likeness (QED) is 0.719. The molecule has 2 aromatic heterocycles. The van der Waals surface area contributed by atoms with E-state index in [1.165, 1.54) is 6.42 Å². The summed E-state index contributed by atoms with van der Waals surface area (Å²) in [5, 5.41) is 3.23. The topological polar surface area (TPSA) is 80.4 Å². The number of furan rings is 1. The molecule has 156 valence electrons. The summed E-state index contributed by atoms with van der Waals surface area (Å²) in [5.41, 5.74) is 0.587. The molecule has 0 radical (unpaired) electrons. The van der Waals surface area contributed by atoms with Crippen LogP contribution < -0.4 is 5.32 Å². The van der Waals surface area contributed by atoms with Crippen LogP contribution in [0.4, 0.5) is 0 Å². The van der Waals surface area contributed by atoms with Gasteiger partial charge in [-0.1, -0.05) is 31.4 Å². The second-order valence-electron chi connectivity index (χ2n) is 8.56. The Labute approximate surface area is 175 Å². The molecule has 1 aliphatic heterocycles. The minimum Gasteiger partial charge on any atom is -0.467 e. The van der Waals surface area contributed by atoms with E-state index in [1.807, 2.05) is 41.8 Å². The number of imidazole rings is 1. The summed E-state index contributed by atoms with van der Waals surface area (Å²) >= 11 is 0. The third-order valence-corrected chi connectivity index (χ3v) is 6.48. The molecule has 0 saturated heterocycles. The monoisotopic (exact) mass is 406 g/mol. The van der Waals surface area contributed by atoms with Gasteiger partial charge in [0.15, 0.2) is 5.82 Å². The van der Waals surface area contributed by atoms with Crippen LogP contribution in [0.25, 0.3) is 11.0 Å². The van der Waals surface area contributed by atoms with Crippen LogP contribution >= 0.6 is 0 Å². The molecule has 1 aromatic carbocycles. The summed E-state index contributed by atoms with van der Waals surface area (Å²) in [6, 6.07) is 11.5. The number of benzene rings is 1. The van der Waals surface area contributed by atoms with Crippen molar-refractivity contribution in [1.29, 1.82) is 0 Å². The zero-order valence-electron chi connectivity index (χ0n) is 17.1. The second-order valence-corrected chi connectivity index (χ2v) is 8.56. The van der Waals surface area contributed by atoms with Crippen molar-refractivity contribution >= 4 is 22.8 Å². The van der Waals surface area contributed by atoms with Crippen LogP contribution in [0.15, 0.2) is 47.1 Å². The lowest BCUT2D eigenvalue weighted by molar-refractivity contribution is -0.134. The number of hydrogen-bond donors (Lipinski definition) is 1. The SMILES string of the molecule is CC1(C(=O)NC2CCCCC2)Cn2c(nc3ccccc32)C(=O)N1Cc1ccco1. The average Bonchev–Trinajstić information content (AvgIpc) is 3.40. The molecule has 0 spiro atoms. The van der Waals surface area contributed by atoms with Crippen LogP contribution in [-0.4, -0.2) is 37.8 Å². The van der Waals surface area contributed by atoms with Crippen molar-refractivity contribution in [3.63, 3.8) is 0 Å². The minimum absolute atomic E-state index is 0.113. The fraction of sp³-hybridized carbons (Fsp3) is 0.435. The number of rotatable bonds is 4. The highest BCUT2D eigenvalue weighted by Crippen LogP contribution is 2.32. The van der Waals surface area contributed by atoms with Crippen molar-refractivity contribution in [2.24, 2.45) is 0 Å². The van der Waals surface area contributed by atoms with Crippen molar-refractivity contribution in [3.8, 4) is 0 Å². The average molecular weight is 406 g/mol. The van der Waals surface area contributed by atoms with Crippen molar-refractivity contribution in [2.75, 3.05) is 0 Å². The molecule has 30 heavy (non-hydrogen) atoms. The van der Waals surface area contributed by atoms with Crippen molar-refractivity contribution < 1.29 is 14.0 Å². The van der Waals surface area contributed by atoms with E-state index < -0.39 is 5.54 Å². The van der Waals surface area contributed by atoms with Crippen LogP contribution in [0.5, 0.6) is 0 Å². The fourth-order valence-electron chi connectivity index (χ4n) is 4.72. The first-order valence-electron chi connectivity index (χ1n) is 10.7. The molecular formula is C23H26N4O3. The van der Waals surface area contributed by atoms with Gasteiger partial charge in [0.05, 0.1) is 30.4 Å². The Balaban J connectivity index is 1.54. The first kappa shape index (κ1) is 18.9. The lowest BCUT2D eigenvalue weighted by Crippen LogP contribution is -2.64. The standard InChI is InChI=1S/C23H26N4O3/c1-23(22(29)24-16-8-3-2-4-9-16)15-26-19-12-6-5-11-18(19)25-20(26)21(28)27(23)14-17-10-7-13-30-17/h5-7,10-13,16H,2-4,8-9,14-15H2,1H3,(H,24,29). The highest BCUT2D eigenvalue weighted by Gasteiger charge is 2.49. The number of nitrogens with zero attached hydrogens (tertiary/aromatic N) is 3. The Bertz CT molecular complexity index is 1080. The van der Waals surface area contributed by atoms with Crippen LogP contribution in [0.1, 0.15) is 55.4 Å². The van der Waals surface area contributed by atoms with Gasteiger partial charge in [0.2, 0.25) is 5.91 Å². The molecule has 7 nitrogen and oxygen atoms in total. The van der Waals surface area contributed by atoms with Gasteiger partial charge in [-0.05, 0) is 44.0 Å². The predicted octanol–water partition coefficient (Wildman–Crippen LogP) is 3.49. The first-order valence-corrected chi connectivity index (χ1v) is 10.7. The van der Waals surface area contributed by atoms with Gasteiger partial charge in [-0.25, -0.2) is 4.98 Å². The molecule has 1 saturated carbocycles. The lowest BCUT2D eigenvalue weighted by atomic mass is 9.91. The number of amides is 2. The van der Waals surface area contributed by atoms with Gasteiger partial charge < -0.3 is 19.2 Å². The molecule has 3 heterocycles. The highest BCUT2D eigenvalue weighted by atomic mass is 16.3. The maximum atomic E-state index is 13.6. The zero-order valence-corrected chi connectivity index (χ0v) is 17.1. The summed E-state index contributed by atoms with van der Waals surface area (Å²) in [4.78, 5) is 33.3. The lowest BCUT2D eigenvalue weighted by Gasteiger charge is -2.44. The summed E-state index contributed by atoms with van der Waals surface area (Å²) in [7, 11) is 0. The zero-order chi connectivity index (χ0) is 20.7. The molecular weight excluding hydrogens is 380 g/mol. The Hall–Kier alpha value is -3.09. The third-order valence-electron chi connectivity index (χ3n) is 6.48. The Morgan fingerprint density at radius 2 is 2.00 bits per heavy atom. The van der Waals surface area contributed by atoms with E-state index in [9.17, 15) is 9.59 Å². The van der Waals surface area contributed by atoms with Gasteiger partial charge in [0, 0.05) is 6.04 Å². The molecule has 2 amide bonds. The van der Waals surface area contributed by atoms with Crippen molar-refractivity contribution in [2.45, 2.75) is 63.7 Å². The smallest absolute Gasteiger partial charge is 0.291 e. The number of fused-ring (bicyclic) bond motifs is 3. The molecule has 0 bridgehead atoms. The van der Waals surface area contributed by atoms with E-state index in [4.69, 9.17) is 4.42 Å². The third kappa shape index (κ3) is 3.09. The minimum atomic E-state index is -1.04.